The summed E-state index contributed by atoms with van der Waals surface area (Å²) in [5.74, 6) is 0.905. The molecule has 0 aliphatic rings. The van der Waals surface area contributed by atoms with Crippen LogP contribution in [0.25, 0.3) is 0 Å². The van der Waals surface area contributed by atoms with Gasteiger partial charge in [0.1, 0.15) is 11.9 Å². The second kappa shape index (κ2) is 7.11. The number of hydrogen-bond donors (Lipinski definition) is 1. The van der Waals surface area contributed by atoms with E-state index in [1.54, 1.807) is 0 Å². The van der Waals surface area contributed by atoms with Crippen molar-refractivity contribution in [1.82, 2.24) is 0 Å². The Hall–Kier alpha value is -1.80. The van der Waals surface area contributed by atoms with Crippen molar-refractivity contribution in [2.24, 2.45) is 5.73 Å². The molecule has 0 fully saturated rings. The molecule has 0 amide bonds. The van der Waals surface area contributed by atoms with Gasteiger partial charge >= 0.3 is 0 Å². The van der Waals surface area contributed by atoms with Gasteiger partial charge in [-0.15, -0.1) is 0 Å². The summed E-state index contributed by atoms with van der Waals surface area (Å²) in [6.07, 6.45) is 1.94. The number of nitrogens with two attached hydrogens (primary N) is 1. The highest BCUT2D eigenvalue weighted by molar-refractivity contribution is 5.30. The molecule has 2 aromatic rings. The third kappa shape index (κ3) is 4.10. The molecule has 0 aliphatic heterocycles. The maximum absolute atomic E-state index is 6.02. The van der Waals surface area contributed by atoms with E-state index >= 15 is 0 Å². The van der Waals surface area contributed by atoms with Gasteiger partial charge in [-0.3, -0.25) is 0 Å². The van der Waals surface area contributed by atoms with Crippen LogP contribution in [0.1, 0.15) is 37.5 Å². The molecule has 2 heteroatoms. The Morgan fingerprint density at radius 1 is 1.05 bits per heavy atom. The minimum absolute atomic E-state index is 0.0475. The van der Waals surface area contributed by atoms with Gasteiger partial charge in [0.15, 0.2) is 0 Å². The average Bonchev–Trinajstić information content (AvgIpc) is 2.48. The molecule has 2 unspecified atom stereocenters. The van der Waals surface area contributed by atoms with Gasteiger partial charge in [0, 0.05) is 6.04 Å². The zero-order chi connectivity index (χ0) is 14.4. The van der Waals surface area contributed by atoms with Crippen LogP contribution in [-0.2, 0) is 6.42 Å². The Morgan fingerprint density at radius 3 is 2.50 bits per heavy atom. The van der Waals surface area contributed by atoms with Gasteiger partial charge in [0.2, 0.25) is 0 Å². The van der Waals surface area contributed by atoms with E-state index in [-0.39, 0.29) is 12.1 Å². The lowest BCUT2D eigenvalue weighted by atomic mass is 10.0. The van der Waals surface area contributed by atoms with Gasteiger partial charge in [0.25, 0.3) is 0 Å². The first-order valence-corrected chi connectivity index (χ1v) is 7.25. The number of hydrogen-bond acceptors (Lipinski definition) is 2. The number of ether oxygens (including phenoxy) is 1. The second-order valence-electron chi connectivity index (χ2n) is 5.19. The van der Waals surface area contributed by atoms with Crippen molar-refractivity contribution in [1.29, 1.82) is 0 Å². The first kappa shape index (κ1) is 14.6. The quantitative estimate of drug-likeness (QED) is 0.856. The van der Waals surface area contributed by atoms with Gasteiger partial charge in [0.05, 0.1) is 0 Å². The summed E-state index contributed by atoms with van der Waals surface area (Å²) < 4.78 is 6.02. The molecule has 0 radical (unpaired) electrons. The van der Waals surface area contributed by atoms with Crippen LogP contribution in [0.5, 0.6) is 5.75 Å². The molecule has 2 rings (SSSR count). The van der Waals surface area contributed by atoms with Crippen LogP contribution in [0.3, 0.4) is 0 Å². The van der Waals surface area contributed by atoms with Gasteiger partial charge in [-0.1, -0.05) is 49.4 Å². The normalized spacial score (nSPS) is 13.8. The topological polar surface area (TPSA) is 35.2 Å². The molecule has 2 nitrogen and oxygen atoms in total. The van der Waals surface area contributed by atoms with Crippen molar-refractivity contribution in [2.45, 2.75) is 38.8 Å². The highest BCUT2D eigenvalue weighted by Gasteiger charge is 2.08. The van der Waals surface area contributed by atoms with Crippen molar-refractivity contribution < 1.29 is 4.74 Å². The molecule has 0 heterocycles. The van der Waals surface area contributed by atoms with Crippen LogP contribution in [0.15, 0.2) is 54.6 Å². The molecule has 0 aromatic heterocycles. The maximum atomic E-state index is 6.02. The summed E-state index contributed by atoms with van der Waals surface area (Å²) in [7, 11) is 0. The van der Waals surface area contributed by atoms with E-state index in [2.05, 4.69) is 38.1 Å². The van der Waals surface area contributed by atoms with Gasteiger partial charge < -0.3 is 10.5 Å². The number of benzene rings is 2. The monoisotopic (exact) mass is 269 g/mol. The maximum Gasteiger partial charge on any atom is 0.121 e. The average molecular weight is 269 g/mol. The van der Waals surface area contributed by atoms with Crippen LogP contribution in [0.4, 0.5) is 0 Å². The summed E-state index contributed by atoms with van der Waals surface area (Å²) >= 11 is 0. The van der Waals surface area contributed by atoms with E-state index in [1.807, 2.05) is 30.3 Å². The van der Waals surface area contributed by atoms with E-state index in [0.29, 0.717) is 0 Å². The van der Waals surface area contributed by atoms with E-state index < -0.39 is 0 Å². The van der Waals surface area contributed by atoms with Gasteiger partial charge in [-0.25, -0.2) is 0 Å². The Bertz CT molecular complexity index is 524. The molecule has 0 aliphatic carbocycles. The van der Waals surface area contributed by atoms with Crippen LogP contribution < -0.4 is 10.5 Å². The summed E-state index contributed by atoms with van der Waals surface area (Å²) in [6, 6.07) is 18.7. The van der Waals surface area contributed by atoms with Gasteiger partial charge in [-0.05, 0) is 43.0 Å². The molecule has 2 N–H and O–H groups in total. The minimum atomic E-state index is 0.0475. The molecule has 106 valence electrons. The van der Waals surface area contributed by atoms with Crippen molar-refractivity contribution in [3.05, 3.63) is 65.7 Å². The summed E-state index contributed by atoms with van der Waals surface area (Å²) in [4.78, 5) is 0. The first-order chi connectivity index (χ1) is 9.69. The Labute approximate surface area is 121 Å². The van der Waals surface area contributed by atoms with Crippen molar-refractivity contribution in [2.75, 3.05) is 0 Å². The molecule has 2 atom stereocenters. The van der Waals surface area contributed by atoms with Crippen LogP contribution in [0.2, 0.25) is 0 Å². The van der Waals surface area contributed by atoms with Crippen molar-refractivity contribution in [3.8, 4) is 5.75 Å². The lowest BCUT2D eigenvalue weighted by Gasteiger charge is -2.16. The zero-order valence-corrected chi connectivity index (χ0v) is 12.3. The molecule has 2 aromatic carbocycles. The third-order valence-electron chi connectivity index (χ3n) is 3.50. The fourth-order valence-corrected chi connectivity index (χ4v) is 2.19. The molecule has 20 heavy (non-hydrogen) atoms. The smallest absolute Gasteiger partial charge is 0.121 e. The fourth-order valence-electron chi connectivity index (χ4n) is 2.19. The molecule has 0 spiro atoms. The molecule has 0 saturated carbocycles. The Kier molecular flexibility index (Phi) is 5.19. The highest BCUT2D eigenvalue weighted by Crippen LogP contribution is 2.22. The van der Waals surface area contributed by atoms with Crippen molar-refractivity contribution in [3.63, 3.8) is 0 Å². The summed E-state index contributed by atoms with van der Waals surface area (Å²) in [5.41, 5.74) is 8.42. The predicted octanol–water partition coefficient (Wildman–Crippen LogP) is 4.11. The third-order valence-corrected chi connectivity index (χ3v) is 3.50. The Morgan fingerprint density at radius 2 is 1.80 bits per heavy atom. The SMILES string of the molecule is CCC(N)Cc1cccc(OC(C)c2ccccc2)c1. The van der Waals surface area contributed by atoms with E-state index in [9.17, 15) is 0 Å². The van der Waals surface area contributed by atoms with Crippen LogP contribution >= 0.6 is 0 Å². The fraction of sp³-hybridized carbons (Fsp3) is 0.333. The van der Waals surface area contributed by atoms with Crippen molar-refractivity contribution >= 4 is 0 Å². The van der Waals surface area contributed by atoms with E-state index in [1.165, 1.54) is 11.1 Å². The van der Waals surface area contributed by atoms with Crippen LogP contribution in [0, 0.1) is 0 Å². The summed E-state index contributed by atoms with van der Waals surface area (Å²) in [6.45, 7) is 4.18. The first-order valence-electron chi connectivity index (χ1n) is 7.25. The summed E-state index contributed by atoms with van der Waals surface area (Å²) in [5, 5.41) is 0. The van der Waals surface area contributed by atoms with E-state index in [4.69, 9.17) is 10.5 Å². The van der Waals surface area contributed by atoms with Gasteiger partial charge in [-0.2, -0.15) is 0 Å². The molecular formula is C18H23NO. The lowest BCUT2D eigenvalue weighted by molar-refractivity contribution is 0.226. The Balaban J connectivity index is 2.04. The highest BCUT2D eigenvalue weighted by atomic mass is 16.5. The molecular weight excluding hydrogens is 246 g/mol. The minimum Gasteiger partial charge on any atom is -0.486 e. The molecule has 0 saturated heterocycles. The lowest BCUT2D eigenvalue weighted by Crippen LogP contribution is -2.21. The largest absolute Gasteiger partial charge is 0.486 e. The predicted molar refractivity (Wildman–Crippen MR) is 83.9 cm³/mol. The van der Waals surface area contributed by atoms with E-state index in [0.717, 1.165) is 18.6 Å². The number of rotatable bonds is 6. The van der Waals surface area contributed by atoms with Crippen LogP contribution in [-0.4, -0.2) is 6.04 Å². The zero-order valence-electron chi connectivity index (χ0n) is 12.3. The molecule has 0 bridgehead atoms. The standard InChI is InChI=1S/C18H23NO/c1-3-17(19)12-15-8-7-11-18(13-15)20-14(2)16-9-5-4-6-10-16/h4-11,13-14,17H,3,12,19H2,1-2H3. The second-order valence-corrected chi connectivity index (χ2v) is 5.19.